The number of carbonyl (C=O) groups excluding carboxylic acids is 1. The lowest BCUT2D eigenvalue weighted by Gasteiger charge is -2.19. The predicted octanol–water partition coefficient (Wildman–Crippen LogP) is 0.706. The molecule has 0 saturated heterocycles. The molecule has 17 heavy (non-hydrogen) atoms. The van der Waals surface area contributed by atoms with Crippen LogP contribution >= 0.6 is 0 Å². The first kappa shape index (κ1) is 13.1. The number of nitrogens with one attached hydrogen (secondary N) is 1. The van der Waals surface area contributed by atoms with Crippen molar-refractivity contribution in [1.29, 1.82) is 0 Å². The minimum Gasteiger partial charge on any atom is -0.480 e. The van der Waals surface area contributed by atoms with Crippen molar-refractivity contribution in [2.45, 2.75) is 26.3 Å². The van der Waals surface area contributed by atoms with E-state index in [-0.39, 0.29) is 11.6 Å². The normalized spacial score (nSPS) is 13.8. The average Bonchev–Trinajstić information content (AvgIpc) is 2.35. The number of nitrogens with zero attached hydrogens (tertiary/aromatic N) is 2. The van der Waals surface area contributed by atoms with Crippen molar-refractivity contribution in [3.05, 3.63) is 24.3 Å². The highest BCUT2D eigenvalue weighted by molar-refractivity contribution is 5.94. The molecule has 0 spiro atoms. The number of rotatable bonds is 5. The Kier molecular flexibility index (Phi) is 4.56. The fourth-order valence-electron chi connectivity index (χ4n) is 1.31. The number of carbonyl (C=O) groups is 2. The highest BCUT2D eigenvalue weighted by Crippen LogP contribution is 2.08. The van der Waals surface area contributed by atoms with E-state index in [4.69, 9.17) is 5.11 Å². The summed E-state index contributed by atoms with van der Waals surface area (Å²) in [6.45, 7) is 3.64. The highest BCUT2D eigenvalue weighted by Gasteiger charge is 2.26. The molecule has 0 fully saturated rings. The lowest BCUT2D eigenvalue weighted by atomic mass is 9.99. The summed E-state index contributed by atoms with van der Waals surface area (Å²) >= 11 is 0. The Hall–Kier alpha value is -1.98. The Morgan fingerprint density at radius 1 is 1.47 bits per heavy atom. The van der Waals surface area contributed by atoms with Gasteiger partial charge in [-0.2, -0.15) is 0 Å². The molecule has 6 nitrogen and oxygen atoms in total. The number of amides is 1. The van der Waals surface area contributed by atoms with Crippen LogP contribution in [0.2, 0.25) is 0 Å². The fraction of sp³-hybridized carbons (Fsp3) is 0.455. The van der Waals surface area contributed by atoms with Gasteiger partial charge in [-0.3, -0.25) is 9.78 Å². The molecule has 0 saturated carbocycles. The van der Waals surface area contributed by atoms with Gasteiger partial charge >= 0.3 is 5.97 Å². The summed E-state index contributed by atoms with van der Waals surface area (Å²) in [5.74, 6) is -1.71. The highest BCUT2D eigenvalue weighted by atomic mass is 16.4. The van der Waals surface area contributed by atoms with Gasteiger partial charge in [0.05, 0.1) is 6.20 Å². The molecule has 92 valence electrons. The lowest BCUT2D eigenvalue weighted by molar-refractivity contribution is -0.140. The Labute approximate surface area is 99.1 Å². The molecule has 0 aromatic carbocycles. The van der Waals surface area contributed by atoms with E-state index in [1.165, 1.54) is 18.6 Å². The van der Waals surface area contributed by atoms with Gasteiger partial charge in [0, 0.05) is 12.4 Å². The summed E-state index contributed by atoms with van der Waals surface area (Å²) in [7, 11) is 0. The third-order valence-electron chi connectivity index (χ3n) is 2.56. The maximum Gasteiger partial charge on any atom is 0.326 e. The summed E-state index contributed by atoms with van der Waals surface area (Å²) in [5.41, 5.74) is 0.113. The average molecular weight is 237 g/mol. The summed E-state index contributed by atoms with van der Waals surface area (Å²) in [6.07, 6.45) is 4.79. The molecule has 1 aromatic heterocycles. The molecule has 0 radical (unpaired) electrons. The van der Waals surface area contributed by atoms with Gasteiger partial charge in [0.15, 0.2) is 0 Å². The SMILES string of the molecule is CCC(C)[C@H](NC(=O)c1cnccn1)C(=O)O. The van der Waals surface area contributed by atoms with Gasteiger partial charge in [0.2, 0.25) is 0 Å². The number of hydrogen-bond donors (Lipinski definition) is 2. The molecule has 0 aliphatic heterocycles. The van der Waals surface area contributed by atoms with Crippen molar-refractivity contribution in [3.8, 4) is 0 Å². The van der Waals surface area contributed by atoms with Gasteiger partial charge in [-0.25, -0.2) is 9.78 Å². The van der Waals surface area contributed by atoms with Crippen molar-refractivity contribution >= 4 is 11.9 Å². The monoisotopic (exact) mass is 237 g/mol. The largest absolute Gasteiger partial charge is 0.480 e. The van der Waals surface area contributed by atoms with Crippen LogP contribution in [0.25, 0.3) is 0 Å². The molecule has 1 amide bonds. The van der Waals surface area contributed by atoms with Crippen LogP contribution in [0, 0.1) is 5.92 Å². The second-order valence-corrected chi connectivity index (χ2v) is 3.77. The Bertz CT molecular complexity index is 394. The molecule has 2 atom stereocenters. The maximum absolute atomic E-state index is 11.7. The van der Waals surface area contributed by atoms with E-state index in [1.54, 1.807) is 6.92 Å². The van der Waals surface area contributed by atoms with E-state index >= 15 is 0 Å². The van der Waals surface area contributed by atoms with E-state index < -0.39 is 17.9 Å². The lowest BCUT2D eigenvalue weighted by Crippen LogP contribution is -2.45. The van der Waals surface area contributed by atoms with E-state index in [1.807, 2.05) is 6.92 Å². The summed E-state index contributed by atoms with van der Waals surface area (Å²) in [6, 6.07) is -0.908. The summed E-state index contributed by atoms with van der Waals surface area (Å²) in [5, 5.41) is 11.5. The van der Waals surface area contributed by atoms with Gasteiger partial charge in [-0.15, -0.1) is 0 Å². The van der Waals surface area contributed by atoms with Crippen molar-refractivity contribution in [2.24, 2.45) is 5.92 Å². The van der Waals surface area contributed by atoms with Gasteiger partial charge in [0.25, 0.3) is 5.91 Å². The quantitative estimate of drug-likeness (QED) is 0.786. The second-order valence-electron chi connectivity index (χ2n) is 3.77. The van der Waals surface area contributed by atoms with E-state index in [0.29, 0.717) is 6.42 Å². The van der Waals surface area contributed by atoms with Gasteiger partial charge in [-0.1, -0.05) is 20.3 Å². The van der Waals surface area contributed by atoms with Crippen molar-refractivity contribution < 1.29 is 14.7 Å². The first-order valence-electron chi connectivity index (χ1n) is 5.36. The van der Waals surface area contributed by atoms with Crippen LogP contribution in [-0.4, -0.2) is 33.0 Å². The first-order valence-corrected chi connectivity index (χ1v) is 5.36. The number of aromatic nitrogens is 2. The van der Waals surface area contributed by atoms with Crippen LogP contribution in [-0.2, 0) is 4.79 Å². The van der Waals surface area contributed by atoms with E-state index in [0.717, 1.165) is 0 Å². The molecule has 0 aliphatic rings. The summed E-state index contributed by atoms with van der Waals surface area (Å²) < 4.78 is 0. The van der Waals surface area contributed by atoms with E-state index in [9.17, 15) is 9.59 Å². The molecular formula is C11H15N3O3. The molecule has 2 N–H and O–H groups in total. The second kappa shape index (κ2) is 5.93. The molecule has 1 aromatic rings. The zero-order valence-electron chi connectivity index (χ0n) is 9.75. The molecule has 0 aliphatic carbocycles. The van der Waals surface area contributed by atoms with Crippen LogP contribution in [0.5, 0.6) is 0 Å². The van der Waals surface area contributed by atoms with Crippen molar-refractivity contribution in [2.75, 3.05) is 0 Å². The Morgan fingerprint density at radius 2 is 2.18 bits per heavy atom. The van der Waals surface area contributed by atoms with Crippen LogP contribution in [0.1, 0.15) is 30.8 Å². The standard InChI is InChI=1S/C11H15N3O3/c1-3-7(2)9(11(16)17)14-10(15)8-6-12-4-5-13-8/h4-7,9H,3H2,1-2H3,(H,14,15)(H,16,17)/t7?,9-/m0/s1. The molecule has 1 unspecified atom stereocenters. The molecule has 0 bridgehead atoms. The Balaban J connectivity index is 2.75. The first-order chi connectivity index (χ1) is 8.06. The topological polar surface area (TPSA) is 92.2 Å². The molecule has 6 heteroatoms. The fourth-order valence-corrected chi connectivity index (χ4v) is 1.31. The minimum absolute atomic E-state index is 0.113. The molecular weight excluding hydrogens is 222 g/mol. The van der Waals surface area contributed by atoms with Crippen molar-refractivity contribution in [1.82, 2.24) is 15.3 Å². The minimum atomic E-state index is -1.04. The van der Waals surface area contributed by atoms with Crippen molar-refractivity contribution in [3.63, 3.8) is 0 Å². The zero-order valence-corrected chi connectivity index (χ0v) is 9.75. The van der Waals surface area contributed by atoms with Crippen LogP contribution in [0.3, 0.4) is 0 Å². The molecule has 1 rings (SSSR count). The predicted molar refractivity (Wildman–Crippen MR) is 60.4 cm³/mol. The van der Waals surface area contributed by atoms with Gasteiger partial charge in [0.1, 0.15) is 11.7 Å². The Morgan fingerprint density at radius 3 is 2.65 bits per heavy atom. The smallest absolute Gasteiger partial charge is 0.326 e. The number of carboxylic acid groups (broad SMARTS) is 1. The van der Waals surface area contributed by atoms with Crippen LogP contribution < -0.4 is 5.32 Å². The van der Waals surface area contributed by atoms with Gasteiger partial charge < -0.3 is 10.4 Å². The third kappa shape index (κ3) is 3.51. The molecule has 1 heterocycles. The number of carboxylic acids is 1. The number of hydrogen-bond acceptors (Lipinski definition) is 4. The van der Waals surface area contributed by atoms with E-state index in [2.05, 4.69) is 15.3 Å². The van der Waals surface area contributed by atoms with Gasteiger partial charge in [-0.05, 0) is 5.92 Å². The third-order valence-corrected chi connectivity index (χ3v) is 2.56. The number of aliphatic carboxylic acids is 1. The van der Waals surface area contributed by atoms with Crippen LogP contribution in [0.4, 0.5) is 0 Å². The summed E-state index contributed by atoms with van der Waals surface area (Å²) in [4.78, 5) is 30.3. The zero-order chi connectivity index (χ0) is 12.8. The van der Waals surface area contributed by atoms with Crippen LogP contribution in [0.15, 0.2) is 18.6 Å². The maximum atomic E-state index is 11.7.